The number of hydrogen-bond donors (Lipinski definition) is 0. The van der Waals surface area contributed by atoms with E-state index in [1.807, 2.05) is 150 Å². The minimum Gasteiger partial charge on any atom is -0.437 e. The fourth-order valence-electron chi connectivity index (χ4n) is 17.2. The second-order valence-corrected chi connectivity index (χ2v) is 30.9. The maximum atomic E-state index is 9.17. The molecule has 0 aliphatic heterocycles. The molecule has 1 atom stereocenters. The maximum Gasteiger partial charge on any atom is 0.228 e. The molecule has 12 heterocycles. The van der Waals surface area contributed by atoms with Crippen LogP contribution in [0.25, 0.3) is 176 Å². The van der Waals surface area contributed by atoms with Gasteiger partial charge in [-0.05, 0) is 140 Å². The highest BCUT2D eigenvalue weighted by Crippen LogP contribution is 2.45. The average Bonchev–Trinajstić information content (AvgIpc) is 1.58. The summed E-state index contributed by atoms with van der Waals surface area (Å²) in [7, 11) is 7.83. The number of hydrogen-bond acceptors (Lipinski definition) is 8. The summed E-state index contributed by atoms with van der Waals surface area (Å²) in [5.41, 5.74) is 22.0. The quantitative estimate of drug-likeness (QED) is 0.145. The van der Waals surface area contributed by atoms with E-state index in [2.05, 4.69) is 173 Å². The first-order valence-corrected chi connectivity index (χ1v) is 39.1. The van der Waals surface area contributed by atoms with Crippen molar-refractivity contribution in [1.29, 1.82) is 0 Å². The van der Waals surface area contributed by atoms with Gasteiger partial charge >= 0.3 is 0 Å². The molecule has 8 aromatic carbocycles. The van der Waals surface area contributed by atoms with Crippen molar-refractivity contribution in [1.82, 2.24) is 19.9 Å². The number of fused-ring (bicyclic) bond motifs is 20. The first kappa shape index (κ1) is 62.8. The summed E-state index contributed by atoms with van der Waals surface area (Å²) >= 11 is 0. The third kappa shape index (κ3) is 12.7. The van der Waals surface area contributed by atoms with E-state index < -0.39 is 31.4 Å². The predicted molar refractivity (Wildman–Crippen MR) is 465 cm³/mol. The number of nitrogens with zero attached hydrogens (tertiary/aromatic N) is 8. The number of benzene rings is 8. The van der Waals surface area contributed by atoms with Gasteiger partial charge in [-0.2, -0.15) is 0 Å². The summed E-state index contributed by atoms with van der Waals surface area (Å²) in [6.45, 7) is 11.0. The molecule has 562 valence electrons. The van der Waals surface area contributed by atoms with Crippen LogP contribution in [0.5, 0.6) is 0 Å². The zero-order valence-corrected chi connectivity index (χ0v) is 66.3. The fourth-order valence-corrected chi connectivity index (χ4v) is 17.2. The lowest BCUT2D eigenvalue weighted by Gasteiger charge is -2.21. The molecule has 0 spiro atoms. The van der Waals surface area contributed by atoms with Gasteiger partial charge in [-0.25, -0.2) is 38.2 Å². The molecule has 0 saturated heterocycles. The van der Waals surface area contributed by atoms with Crippen molar-refractivity contribution in [3.8, 4) is 45.0 Å². The van der Waals surface area contributed by atoms with E-state index in [1.165, 1.54) is 18.7 Å². The maximum absolute atomic E-state index is 9.17. The minimum absolute atomic E-state index is 0.311. The van der Waals surface area contributed by atoms with Crippen LogP contribution in [0.2, 0.25) is 0 Å². The summed E-state index contributed by atoms with van der Waals surface area (Å²) < 4.78 is 105. The van der Waals surface area contributed by atoms with Gasteiger partial charge in [0.15, 0.2) is 47.1 Å². The SMILES string of the molecule is [2H]C(C)(C)c1ccc(-c2c(C)ccc3c2oc2ncc4ccccc4c23)[n+](C)c1.[2H]C([2H])([2H])C([2H])(C)c1ccc(-c2c(C)ccc3c2oc2ncc4ccccc4c23)[n+](C)c1.[2H]C([2H])([2H])c1ccc(-c2c(C)ccc3c2oc2ncc4ccccc4c23)[n+](C)c1.[2H]C1(c2cc[n+](C)c(-c3c(C)ccc4c3oc3nc(C)c5ccccc5c34)c2)CCCCC1. The topological polar surface area (TPSA) is 120 Å². The number of pyridine rings is 8. The van der Waals surface area contributed by atoms with Crippen molar-refractivity contribution in [3.63, 3.8) is 0 Å². The van der Waals surface area contributed by atoms with Gasteiger partial charge in [-0.3, -0.25) is 0 Å². The fraction of sp³-hybridized carbons (Fsp3) is 0.216. The van der Waals surface area contributed by atoms with E-state index in [-0.39, 0.29) is 0 Å². The van der Waals surface area contributed by atoms with Gasteiger partial charge < -0.3 is 17.7 Å². The van der Waals surface area contributed by atoms with Gasteiger partial charge in [0.25, 0.3) is 0 Å². The van der Waals surface area contributed by atoms with E-state index in [0.717, 1.165) is 213 Å². The van der Waals surface area contributed by atoms with Crippen molar-refractivity contribution >= 4 is 131 Å². The highest BCUT2D eigenvalue weighted by atomic mass is 16.4. The molecule has 0 radical (unpaired) electrons. The van der Waals surface area contributed by atoms with Crippen LogP contribution in [0, 0.1) is 41.5 Å². The van der Waals surface area contributed by atoms with Crippen LogP contribution in [0.1, 0.15) is 140 Å². The third-order valence-corrected chi connectivity index (χ3v) is 23.2. The Labute approximate surface area is 675 Å². The van der Waals surface area contributed by atoms with Gasteiger partial charge in [0.2, 0.25) is 45.6 Å². The van der Waals surface area contributed by atoms with Crippen molar-refractivity contribution in [2.24, 2.45) is 28.2 Å². The smallest absolute Gasteiger partial charge is 0.228 e. The molecule has 1 aliphatic rings. The molecule has 12 aromatic heterocycles. The van der Waals surface area contributed by atoms with E-state index in [9.17, 15) is 0 Å². The monoisotopic (exact) mass is 1500 g/mol. The number of aryl methyl sites for hydroxylation is 10. The zero-order valence-electron chi connectivity index (χ0n) is 75.3. The Morgan fingerprint density at radius 3 is 1.19 bits per heavy atom. The molecule has 20 aromatic rings. The van der Waals surface area contributed by atoms with Crippen LogP contribution in [0.15, 0.2) is 255 Å². The molecule has 1 aliphatic carbocycles. The Bertz CT molecular complexity index is 7480. The Hall–Kier alpha value is -12.8. The van der Waals surface area contributed by atoms with Crippen molar-refractivity contribution in [3.05, 3.63) is 288 Å². The third-order valence-electron chi connectivity index (χ3n) is 23.2. The Kier molecular flexibility index (Phi) is 16.2. The average molecular weight is 1500 g/mol. The van der Waals surface area contributed by atoms with Gasteiger partial charge in [0.05, 0.1) is 43.8 Å². The number of furan rings is 4. The van der Waals surface area contributed by atoms with Gasteiger partial charge in [0, 0.05) is 127 Å². The molecule has 0 N–H and O–H groups in total. The molecule has 1 fully saturated rings. The highest BCUT2D eigenvalue weighted by Gasteiger charge is 2.29. The summed E-state index contributed by atoms with van der Waals surface area (Å²) in [6, 6.07) is 65.5. The molecular weight excluding hydrogens is 1400 g/mol. The van der Waals surface area contributed by atoms with E-state index in [4.69, 9.17) is 35.0 Å². The summed E-state index contributed by atoms with van der Waals surface area (Å²) in [4.78, 5) is 18.5. The first-order chi connectivity index (χ1) is 58.7. The standard InChI is InChI=1S/C29H29N2O.2C25H23N2O.C23H19N2O/c1-18-13-14-24-27-23-12-8-7-11-22(23)19(2)30-29(27)32-28(24)26(18)25-17-21(15-16-31(25)3)20-9-5-4-6-10-20;2*1-15(2)18-10-12-21(27(4)14-18)22-16(3)9-11-20-23-19-8-6-5-7-17(19)13-26-25(23)28-24(20)22;1-14-8-11-19(25(3)13-14)20-15(2)9-10-18-21-17-7-5-4-6-16(17)12-24-23(21)26-22(18)20/h7-8,11-17,20H,4-6,9-10H2,1-3H3;2*5-15H,1-4H3;4-13H,1-3H3/q4*+1/i20D;1D3,15D;15D;1D3. The van der Waals surface area contributed by atoms with Crippen molar-refractivity contribution in [2.75, 3.05) is 0 Å². The number of rotatable bonds is 7. The summed E-state index contributed by atoms with van der Waals surface area (Å²) in [5, 5.41) is 17.2. The number of aromatic nitrogens is 8. The predicted octanol–water partition coefficient (Wildman–Crippen LogP) is 24.6. The first-order valence-electron chi connectivity index (χ1n) is 43.6. The zero-order chi connectivity index (χ0) is 86.3. The van der Waals surface area contributed by atoms with Crippen LogP contribution in [-0.2, 0) is 28.2 Å². The normalized spacial score (nSPS) is 15.0. The van der Waals surface area contributed by atoms with Crippen LogP contribution in [-0.4, -0.2) is 19.9 Å². The summed E-state index contributed by atoms with van der Waals surface area (Å²) in [6.07, 6.45) is 18.4. The van der Waals surface area contributed by atoms with Crippen LogP contribution in [0.4, 0.5) is 0 Å². The Morgan fingerprint density at radius 1 is 0.386 bits per heavy atom. The Morgan fingerprint density at radius 2 is 0.772 bits per heavy atom. The molecule has 1 saturated carbocycles. The minimum atomic E-state index is -2.43. The molecular formula is C102H94N8O4+4. The van der Waals surface area contributed by atoms with E-state index in [1.54, 1.807) is 24.5 Å². The van der Waals surface area contributed by atoms with Gasteiger partial charge in [0.1, 0.15) is 28.2 Å². The van der Waals surface area contributed by atoms with Gasteiger partial charge in [-0.1, -0.05) is 192 Å². The van der Waals surface area contributed by atoms with Crippen molar-refractivity contribution in [2.45, 2.75) is 119 Å². The van der Waals surface area contributed by atoms with Crippen LogP contribution < -0.4 is 18.3 Å². The van der Waals surface area contributed by atoms with Gasteiger partial charge in [-0.15, -0.1) is 0 Å². The Balaban J connectivity index is 0.000000112. The van der Waals surface area contributed by atoms with E-state index in [0.29, 0.717) is 34.0 Å². The van der Waals surface area contributed by atoms with Crippen LogP contribution >= 0.6 is 0 Å². The lowest BCUT2D eigenvalue weighted by atomic mass is 9.84. The molecule has 114 heavy (non-hydrogen) atoms. The largest absolute Gasteiger partial charge is 0.437 e. The van der Waals surface area contributed by atoms with E-state index >= 15 is 0 Å². The molecule has 1 unspecified atom stereocenters. The molecule has 12 heteroatoms. The highest BCUT2D eigenvalue weighted by molar-refractivity contribution is 6.23. The molecule has 12 nitrogen and oxygen atoms in total. The molecule has 21 rings (SSSR count). The second-order valence-electron chi connectivity index (χ2n) is 30.9. The summed E-state index contributed by atoms with van der Waals surface area (Å²) in [5.74, 6) is -2.84. The molecule has 0 bridgehead atoms. The van der Waals surface area contributed by atoms with Crippen molar-refractivity contribution < 1.29 is 48.3 Å². The lowest BCUT2D eigenvalue weighted by Crippen LogP contribution is -2.31. The van der Waals surface area contributed by atoms with Crippen LogP contribution in [0.3, 0.4) is 0 Å². The molecule has 0 amide bonds. The lowest BCUT2D eigenvalue weighted by molar-refractivity contribution is -0.661. The second kappa shape index (κ2) is 29.4.